The van der Waals surface area contributed by atoms with E-state index >= 15 is 0 Å². The number of rotatable bonds is 6. The fourth-order valence-corrected chi connectivity index (χ4v) is 4.08. The fourth-order valence-electron chi connectivity index (χ4n) is 4.08. The molecule has 6 heteroatoms. The van der Waals surface area contributed by atoms with Gasteiger partial charge in [0, 0.05) is 39.3 Å². The van der Waals surface area contributed by atoms with Crippen LogP contribution >= 0.6 is 24.0 Å². The molecule has 0 radical (unpaired) electrons. The van der Waals surface area contributed by atoms with Crippen molar-refractivity contribution in [2.24, 2.45) is 10.4 Å². The third-order valence-electron chi connectivity index (χ3n) is 5.73. The van der Waals surface area contributed by atoms with Crippen molar-refractivity contribution >= 4 is 29.9 Å². The minimum absolute atomic E-state index is 0. The molecule has 0 aromatic carbocycles. The van der Waals surface area contributed by atoms with Gasteiger partial charge in [-0.1, -0.05) is 6.42 Å². The van der Waals surface area contributed by atoms with E-state index in [0.717, 1.165) is 45.4 Å². The summed E-state index contributed by atoms with van der Waals surface area (Å²) >= 11 is 0. The third kappa shape index (κ3) is 5.46. The lowest BCUT2D eigenvalue weighted by molar-refractivity contribution is 0.0373. The van der Waals surface area contributed by atoms with Crippen LogP contribution in [-0.4, -0.2) is 74.8 Å². The summed E-state index contributed by atoms with van der Waals surface area (Å²) in [6, 6.07) is 0. The van der Waals surface area contributed by atoms with Crippen LogP contribution in [0.5, 0.6) is 0 Å². The Morgan fingerprint density at radius 2 is 1.92 bits per heavy atom. The fraction of sp³-hybridized carbons (Fsp3) is 0.944. The third-order valence-corrected chi connectivity index (χ3v) is 5.73. The Bertz CT molecular complexity index is 394. The summed E-state index contributed by atoms with van der Waals surface area (Å²) in [4.78, 5) is 9.91. The Labute approximate surface area is 164 Å². The summed E-state index contributed by atoms with van der Waals surface area (Å²) < 4.78 is 5.40. The first kappa shape index (κ1) is 20.2. The topological polar surface area (TPSA) is 40.1 Å². The molecular formula is C18H35IN4O. The second kappa shape index (κ2) is 10.2. The van der Waals surface area contributed by atoms with E-state index in [-0.39, 0.29) is 24.0 Å². The van der Waals surface area contributed by atoms with Gasteiger partial charge in [-0.05, 0) is 51.0 Å². The Morgan fingerprint density at radius 3 is 2.54 bits per heavy atom. The van der Waals surface area contributed by atoms with Crippen molar-refractivity contribution in [1.82, 2.24) is 15.1 Å². The number of hydrogen-bond donors (Lipinski definition) is 1. The largest absolute Gasteiger partial charge is 0.379 e. The second-order valence-corrected chi connectivity index (χ2v) is 7.42. The molecule has 1 saturated carbocycles. The molecule has 5 nitrogen and oxygen atoms in total. The SMILES string of the molecule is CCNC(=NCCCCN1CCOCC1)N1CCC2(CCC2)C1.I. The smallest absolute Gasteiger partial charge is 0.193 e. The number of unbranched alkanes of at least 4 members (excludes halogenated alkanes) is 1. The molecule has 2 saturated heterocycles. The van der Waals surface area contributed by atoms with Crippen LogP contribution in [0.15, 0.2) is 4.99 Å². The molecule has 2 heterocycles. The average Bonchev–Trinajstić information content (AvgIpc) is 3.00. The number of halogens is 1. The highest BCUT2D eigenvalue weighted by Gasteiger charge is 2.43. The van der Waals surface area contributed by atoms with Gasteiger partial charge in [-0.2, -0.15) is 0 Å². The van der Waals surface area contributed by atoms with Gasteiger partial charge in [0.05, 0.1) is 13.2 Å². The number of aliphatic imine (C=N–C) groups is 1. The molecule has 140 valence electrons. The summed E-state index contributed by atoms with van der Waals surface area (Å²) in [7, 11) is 0. The van der Waals surface area contributed by atoms with Crippen LogP contribution in [0.25, 0.3) is 0 Å². The minimum atomic E-state index is 0. The van der Waals surface area contributed by atoms with E-state index in [2.05, 4.69) is 22.0 Å². The molecule has 2 aliphatic heterocycles. The first-order chi connectivity index (χ1) is 11.3. The van der Waals surface area contributed by atoms with Crippen LogP contribution < -0.4 is 5.32 Å². The summed E-state index contributed by atoms with van der Waals surface area (Å²) in [6.07, 6.45) is 8.10. The molecular weight excluding hydrogens is 415 g/mol. The van der Waals surface area contributed by atoms with Crippen molar-refractivity contribution in [3.8, 4) is 0 Å². The van der Waals surface area contributed by atoms with Crippen LogP contribution in [0.3, 0.4) is 0 Å². The summed E-state index contributed by atoms with van der Waals surface area (Å²) in [6.45, 7) is 11.7. The van der Waals surface area contributed by atoms with Crippen LogP contribution in [0, 0.1) is 5.41 Å². The summed E-state index contributed by atoms with van der Waals surface area (Å²) in [5.74, 6) is 1.16. The minimum Gasteiger partial charge on any atom is -0.379 e. The second-order valence-electron chi connectivity index (χ2n) is 7.42. The van der Waals surface area contributed by atoms with Gasteiger partial charge in [0.15, 0.2) is 5.96 Å². The molecule has 0 amide bonds. The molecule has 3 rings (SSSR count). The molecule has 0 aromatic heterocycles. The normalized spacial score (nSPS) is 23.9. The van der Waals surface area contributed by atoms with Gasteiger partial charge in [-0.15, -0.1) is 24.0 Å². The maximum absolute atomic E-state index is 5.40. The van der Waals surface area contributed by atoms with Gasteiger partial charge in [0.1, 0.15) is 0 Å². The standard InChI is InChI=1S/C18H34N4O.HI/c1-2-19-17(22-11-8-18(16-22)6-5-7-18)20-9-3-4-10-21-12-14-23-15-13-21;/h2-16H2,1H3,(H,19,20);1H. The van der Waals surface area contributed by atoms with Gasteiger partial charge < -0.3 is 15.0 Å². The molecule has 0 atom stereocenters. The molecule has 0 unspecified atom stereocenters. The number of likely N-dealkylation sites (tertiary alicyclic amines) is 1. The van der Waals surface area contributed by atoms with Crippen molar-refractivity contribution in [3.63, 3.8) is 0 Å². The van der Waals surface area contributed by atoms with E-state index in [1.807, 2.05) is 0 Å². The number of nitrogens with zero attached hydrogens (tertiary/aromatic N) is 3. The van der Waals surface area contributed by atoms with Gasteiger partial charge in [0.25, 0.3) is 0 Å². The lowest BCUT2D eigenvalue weighted by Crippen LogP contribution is -2.42. The van der Waals surface area contributed by atoms with Crippen molar-refractivity contribution < 1.29 is 4.74 Å². The summed E-state index contributed by atoms with van der Waals surface area (Å²) in [5, 5.41) is 3.50. The van der Waals surface area contributed by atoms with Crippen molar-refractivity contribution in [3.05, 3.63) is 0 Å². The molecule has 0 aromatic rings. The van der Waals surface area contributed by atoms with Gasteiger partial charge in [-0.25, -0.2) is 0 Å². The lowest BCUT2D eigenvalue weighted by atomic mass is 9.68. The van der Waals surface area contributed by atoms with E-state index in [0.29, 0.717) is 5.41 Å². The Balaban J connectivity index is 0.00000208. The van der Waals surface area contributed by atoms with E-state index in [1.165, 1.54) is 58.2 Å². The average molecular weight is 450 g/mol. The Hall–Kier alpha value is -0.0800. The number of morpholine rings is 1. The highest BCUT2D eigenvalue weighted by atomic mass is 127. The molecule has 1 spiro atoms. The quantitative estimate of drug-likeness (QED) is 0.292. The monoisotopic (exact) mass is 450 g/mol. The maximum Gasteiger partial charge on any atom is 0.193 e. The predicted molar refractivity (Wildman–Crippen MR) is 110 cm³/mol. The van der Waals surface area contributed by atoms with Gasteiger partial charge in [0.2, 0.25) is 0 Å². The maximum atomic E-state index is 5.40. The Morgan fingerprint density at radius 1 is 1.12 bits per heavy atom. The van der Waals surface area contributed by atoms with E-state index in [9.17, 15) is 0 Å². The molecule has 3 aliphatic rings. The number of guanidine groups is 1. The van der Waals surface area contributed by atoms with Crippen LogP contribution in [-0.2, 0) is 4.74 Å². The van der Waals surface area contributed by atoms with E-state index in [4.69, 9.17) is 9.73 Å². The first-order valence-corrected chi connectivity index (χ1v) is 9.65. The molecule has 0 bridgehead atoms. The van der Waals surface area contributed by atoms with Gasteiger partial charge >= 0.3 is 0 Å². The molecule has 3 fully saturated rings. The highest BCUT2D eigenvalue weighted by Crippen LogP contribution is 2.47. The molecule has 24 heavy (non-hydrogen) atoms. The zero-order valence-electron chi connectivity index (χ0n) is 15.3. The molecule has 1 N–H and O–H groups in total. The number of hydrogen-bond acceptors (Lipinski definition) is 3. The summed E-state index contributed by atoms with van der Waals surface area (Å²) in [5.41, 5.74) is 0.645. The number of ether oxygens (including phenoxy) is 1. The van der Waals surface area contributed by atoms with Crippen molar-refractivity contribution in [1.29, 1.82) is 0 Å². The number of nitrogens with one attached hydrogen (secondary N) is 1. The Kier molecular flexibility index (Phi) is 8.57. The highest BCUT2D eigenvalue weighted by molar-refractivity contribution is 14.0. The van der Waals surface area contributed by atoms with E-state index < -0.39 is 0 Å². The van der Waals surface area contributed by atoms with Crippen LogP contribution in [0.2, 0.25) is 0 Å². The van der Waals surface area contributed by atoms with E-state index in [1.54, 1.807) is 0 Å². The predicted octanol–water partition coefficient (Wildman–Crippen LogP) is 2.56. The zero-order chi connectivity index (χ0) is 16.0. The van der Waals surface area contributed by atoms with Crippen molar-refractivity contribution in [2.45, 2.75) is 45.4 Å². The van der Waals surface area contributed by atoms with Gasteiger partial charge in [-0.3, -0.25) is 9.89 Å². The first-order valence-electron chi connectivity index (χ1n) is 9.65. The zero-order valence-corrected chi connectivity index (χ0v) is 17.6. The van der Waals surface area contributed by atoms with Crippen molar-refractivity contribution in [2.75, 3.05) is 59.0 Å². The molecule has 1 aliphatic carbocycles. The lowest BCUT2D eigenvalue weighted by Gasteiger charge is -2.38. The van der Waals surface area contributed by atoms with Crippen LogP contribution in [0.4, 0.5) is 0 Å². The van der Waals surface area contributed by atoms with Crippen LogP contribution in [0.1, 0.15) is 45.4 Å².